The molecular weight excluding hydrogens is 346 g/mol. The fourth-order valence-corrected chi connectivity index (χ4v) is 3.39. The van der Waals surface area contributed by atoms with Crippen LogP contribution in [0.3, 0.4) is 0 Å². The number of amides is 1. The van der Waals surface area contributed by atoms with E-state index in [1.807, 2.05) is 64.1 Å². The summed E-state index contributed by atoms with van der Waals surface area (Å²) < 4.78 is 1.68. The van der Waals surface area contributed by atoms with Gasteiger partial charge in [0.05, 0.1) is 11.4 Å². The highest BCUT2D eigenvalue weighted by Gasteiger charge is 2.14. The number of aryl methyl sites for hydroxylation is 3. The summed E-state index contributed by atoms with van der Waals surface area (Å²) in [6.07, 6.45) is 0. The predicted molar refractivity (Wildman–Crippen MR) is 104 cm³/mol. The van der Waals surface area contributed by atoms with Crippen molar-refractivity contribution >= 4 is 23.4 Å². The maximum Gasteiger partial charge on any atom is 0.234 e. The quantitative estimate of drug-likeness (QED) is 0.697. The Kier molecular flexibility index (Phi) is 5.37. The molecule has 3 rings (SSSR count). The van der Waals surface area contributed by atoms with Gasteiger partial charge >= 0.3 is 0 Å². The van der Waals surface area contributed by atoms with Gasteiger partial charge in [-0.3, -0.25) is 4.79 Å². The van der Waals surface area contributed by atoms with Gasteiger partial charge in [0.15, 0.2) is 0 Å². The van der Waals surface area contributed by atoms with E-state index in [4.69, 9.17) is 0 Å². The Labute approximate surface area is 157 Å². The summed E-state index contributed by atoms with van der Waals surface area (Å²) in [6, 6.07) is 11.9. The number of carbonyl (C=O) groups is 1. The third-order valence-electron chi connectivity index (χ3n) is 4.32. The van der Waals surface area contributed by atoms with Gasteiger partial charge in [-0.1, -0.05) is 42.1 Å². The molecule has 26 heavy (non-hydrogen) atoms. The minimum atomic E-state index is -0.0806. The zero-order chi connectivity index (χ0) is 18.7. The summed E-state index contributed by atoms with van der Waals surface area (Å²) in [4.78, 5) is 12.4. The number of carbonyl (C=O) groups excluding carboxylic acids is 1. The number of hydrogen-bond donors (Lipinski definition) is 1. The zero-order valence-electron chi connectivity index (χ0n) is 15.3. The first-order valence-electron chi connectivity index (χ1n) is 8.31. The smallest absolute Gasteiger partial charge is 0.234 e. The van der Waals surface area contributed by atoms with E-state index in [0.717, 1.165) is 28.1 Å². The highest BCUT2D eigenvalue weighted by atomic mass is 32.2. The number of para-hydroxylation sites is 1. The van der Waals surface area contributed by atoms with Crippen LogP contribution in [-0.2, 0) is 4.79 Å². The molecule has 0 aliphatic heterocycles. The van der Waals surface area contributed by atoms with E-state index in [9.17, 15) is 4.79 Å². The molecule has 0 unspecified atom stereocenters. The van der Waals surface area contributed by atoms with Gasteiger partial charge in [-0.25, -0.2) is 0 Å². The lowest BCUT2D eigenvalue weighted by Crippen LogP contribution is -2.16. The van der Waals surface area contributed by atoms with Crippen LogP contribution < -0.4 is 5.32 Å². The minimum Gasteiger partial charge on any atom is -0.325 e. The lowest BCUT2D eigenvalue weighted by molar-refractivity contribution is -0.113. The normalized spacial score (nSPS) is 10.8. The summed E-state index contributed by atoms with van der Waals surface area (Å²) in [5.74, 6) is 0.154. The number of rotatable bonds is 5. The molecule has 0 aliphatic rings. The van der Waals surface area contributed by atoms with E-state index in [1.165, 1.54) is 17.3 Å². The molecule has 0 bridgehead atoms. The molecule has 7 heteroatoms. The number of nitrogens with zero attached hydrogens (tertiary/aromatic N) is 4. The standard InChI is InChI=1S/C19H21N5OS/c1-12-7-6-10-16(15(12)4)24-19(21-22-23-24)26-11-17(25)20-18-13(2)8-5-9-14(18)3/h5-10H,11H2,1-4H3,(H,20,25). The van der Waals surface area contributed by atoms with E-state index in [-0.39, 0.29) is 11.7 Å². The van der Waals surface area contributed by atoms with Gasteiger partial charge in [0.1, 0.15) is 0 Å². The monoisotopic (exact) mass is 367 g/mol. The number of hydrogen-bond acceptors (Lipinski definition) is 5. The average Bonchev–Trinajstić information content (AvgIpc) is 3.07. The highest BCUT2D eigenvalue weighted by molar-refractivity contribution is 7.99. The molecule has 1 aromatic heterocycles. The molecule has 0 fully saturated rings. The predicted octanol–water partition coefficient (Wildman–Crippen LogP) is 3.63. The van der Waals surface area contributed by atoms with Crippen LogP contribution in [0.15, 0.2) is 41.6 Å². The Hall–Kier alpha value is -2.67. The van der Waals surface area contributed by atoms with Crippen molar-refractivity contribution in [2.45, 2.75) is 32.9 Å². The summed E-state index contributed by atoms with van der Waals surface area (Å²) in [5.41, 5.74) is 6.16. The lowest BCUT2D eigenvalue weighted by Gasteiger charge is -2.12. The second kappa shape index (κ2) is 7.70. The maximum absolute atomic E-state index is 12.4. The number of benzene rings is 2. The van der Waals surface area contributed by atoms with E-state index in [2.05, 4.69) is 20.8 Å². The summed E-state index contributed by atoms with van der Waals surface area (Å²) in [7, 11) is 0. The van der Waals surface area contributed by atoms with Crippen LogP contribution in [0.2, 0.25) is 0 Å². The molecule has 6 nitrogen and oxygen atoms in total. The van der Waals surface area contributed by atoms with Gasteiger partial charge in [0, 0.05) is 5.69 Å². The molecule has 0 spiro atoms. The first-order valence-corrected chi connectivity index (χ1v) is 9.29. The molecule has 1 heterocycles. The van der Waals surface area contributed by atoms with Crippen molar-refractivity contribution < 1.29 is 4.79 Å². The first-order chi connectivity index (χ1) is 12.5. The van der Waals surface area contributed by atoms with Gasteiger partial charge in [-0.2, -0.15) is 4.68 Å². The fourth-order valence-electron chi connectivity index (χ4n) is 2.70. The summed E-state index contributed by atoms with van der Waals surface area (Å²) in [5, 5.41) is 15.5. The largest absolute Gasteiger partial charge is 0.325 e. The molecular formula is C19H21N5OS. The van der Waals surface area contributed by atoms with E-state index >= 15 is 0 Å². The van der Waals surface area contributed by atoms with Crippen LogP contribution >= 0.6 is 11.8 Å². The second-order valence-electron chi connectivity index (χ2n) is 6.20. The van der Waals surface area contributed by atoms with E-state index in [0.29, 0.717) is 5.16 Å². The number of nitrogens with one attached hydrogen (secondary N) is 1. The summed E-state index contributed by atoms with van der Waals surface area (Å²) in [6.45, 7) is 8.05. The van der Waals surface area contributed by atoms with Crippen LogP contribution in [0.5, 0.6) is 0 Å². The van der Waals surface area contributed by atoms with E-state index < -0.39 is 0 Å². The molecule has 3 aromatic rings. The van der Waals surface area contributed by atoms with Crippen molar-refractivity contribution in [1.29, 1.82) is 0 Å². The molecule has 0 saturated carbocycles. The van der Waals surface area contributed by atoms with Crippen LogP contribution in [0, 0.1) is 27.7 Å². The number of tetrazole rings is 1. The molecule has 0 atom stereocenters. The number of thioether (sulfide) groups is 1. The van der Waals surface area contributed by atoms with Crippen molar-refractivity contribution in [1.82, 2.24) is 20.2 Å². The minimum absolute atomic E-state index is 0.0806. The molecule has 2 aromatic carbocycles. The van der Waals surface area contributed by atoms with Crippen LogP contribution in [-0.4, -0.2) is 31.9 Å². The molecule has 0 radical (unpaired) electrons. The van der Waals surface area contributed by atoms with Crippen molar-refractivity contribution in [3.05, 3.63) is 58.7 Å². The third kappa shape index (κ3) is 3.77. The second-order valence-corrected chi connectivity index (χ2v) is 7.14. The molecule has 1 N–H and O–H groups in total. The van der Waals surface area contributed by atoms with Crippen LogP contribution in [0.4, 0.5) is 5.69 Å². The van der Waals surface area contributed by atoms with Gasteiger partial charge < -0.3 is 5.32 Å². The third-order valence-corrected chi connectivity index (χ3v) is 5.24. The van der Waals surface area contributed by atoms with Crippen LogP contribution in [0.25, 0.3) is 5.69 Å². The Bertz CT molecular complexity index is 931. The number of aromatic nitrogens is 4. The van der Waals surface area contributed by atoms with Gasteiger partial charge in [-0.05, 0) is 66.4 Å². The van der Waals surface area contributed by atoms with Gasteiger partial charge in [0.2, 0.25) is 11.1 Å². The maximum atomic E-state index is 12.4. The average molecular weight is 367 g/mol. The molecule has 1 amide bonds. The summed E-state index contributed by atoms with van der Waals surface area (Å²) >= 11 is 1.32. The SMILES string of the molecule is Cc1cccc(-n2nnnc2SCC(=O)Nc2c(C)cccc2C)c1C. The lowest BCUT2D eigenvalue weighted by atomic mass is 10.1. The number of anilines is 1. The fraction of sp³-hybridized carbons (Fsp3) is 0.263. The topological polar surface area (TPSA) is 72.7 Å². The zero-order valence-corrected chi connectivity index (χ0v) is 16.1. The molecule has 0 saturated heterocycles. The van der Waals surface area contributed by atoms with Crippen molar-refractivity contribution in [3.63, 3.8) is 0 Å². The van der Waals surface area contributed by atoms with Crippen molar-refractivity contribution in [2.24, 2.45) is 0 Å². The molecule has 134 valence electrons. The van der Waals surface area contributed by atoms with Crippen molar-refractivity contribution in [2.75, 3.05) is 11.1 Å². The first kappa shape index (κ1) is 18.1. The highest BCUT2D eigenvalue weighted by Crippen LogP contribution is 2.23. The Morgan fingerprint density at radius 1 is 1.04 bits per heavy atom. The van der Waals surface area contributed by atoms with Crippen molar-refractivity contribution in [3.8, 4) is 5.69 Å². The van der Waals surface area contributed by atoms with E-state index in [1.54, 1.807) is 4.68 Å². The Morgan fingerprint density at radius 3 is 2.42 bits per heavy atom. The van der Waals surface area contributed by atoms with Gasteiger partial charge in [-0.15, -0.1) is 5.10 Å². The van der Waals surface area contributed by atoms with Crippen LogP contribution in [0.1, 0.15) is 22.3 Å². The Morgan fingerprint density at radius 2 is 1.69 bits per heavy atom. The Balaban J connectivity index is 1.72. The molecule has 0 aliphatic carbocycles. The van der Waals surface area contributed by atoms with Gasteiger partial charge in [0.25, 0.3) is 0 Å².